The van der Waals surface area contributed by atoms with Crippen molar-refractivity contribution in [3.05, 3.63) is 22.4 Å². The molecule has 0 radical (unpaired) electrons. The molecule has 1 aliphatic rings. The SMILES string of the molecule is COCCN(C(=O)NCc1cccs1)C1CCS(=O)(=O)C1. The largest absolute Gasteiger partial charge is 0.383 e. The zero-order chi connectivity index (χ0) is 15.3. The summed E-state index contributed by atoms with van der Waals surface area (Å²) in [5.41, 5.74) is 0. The molecule has 1 aromatic heterocycles. The summed E-state index contributed by atoms with van der Waals surface area (Å²) in [7, 11) is -1.45. The molecule has 2 heterocycles. The average molecular weight is 332 g/mol. The number of hydrogen-bond acceptors (Lipinski definition) is 5. The molecule has 0 aliphatic carbocycles. The molecule has 1 atom stereocenters. The predicted molar refractivity (Wildman–Crippen MR) is 82.2 cm³/mol. The van der Waals surface area contributed by atoms with E-state index in [1.807, 2.05) is 17.5 Å². The minimum absolute atomic E-state index is 0.0448. The second kappa shape index (κ2) is 7.24. The first kappa shape index (κ1) is 16.3. The van der Waals surface area contributed by atoms with Crippen LogP contribution in [0.3, 0.4) is 0 Å². The van der Waals surface area contributed by atoms with Crippen molar-refractivity contribution in [2.45, 2.75) is 19.0 Å². The highest BCUT2D eigenvalue weighted by Gasteiger charge is 2.34. The second-order valence-electron chi connectivity index (χ2n) is 4.98. The van der Waals surface area contributed by atoms with Crippen molar-refractivity contribution in [3.8, 4) is 0 Å². The zero-order valence-corrected chi connectivity index (χ0v) is 13.6. The number of rotatable bonds is 6. The van der Waals surface area contributed by atoms with E-state index in [-0.39, 0.29) is 23.6 Å². The van der Waals surface area contributed by atoms with Gasteiger partial charge in [-0.25, -0.2) is 13.2 Å². The predicted octanol–water partition coefficient (Wildman–Crippen LogP) is 1.09. The first-order chi connectivity index (χ1) is 10.0. The minimum atomic E-state index is -3.02. The van der Waals surface area contributed by atoms with E-state index in [2.05, 4.69) is 5.32 Å². The normalized spacial score (nSPS) is 20.3. The highest BCUT2D eigenvalue weighted by molar-refractivity contribution is 7.91. The van der Waals surface area contributed by atoms with E-state index < -0.39 is 9.84 Å². The van der Waals surface area contributed by atoms with Crippen LogP contribution in [0.4, 0.5) is 4.79 Å². The van der Waals surface area contributed by atoms with Gasteiger partial charge in [-0.3, -0.25) is 0 Å². The number of nitrogens with one attached hydrogen (secondary N) is 1. The van der Waals surface area contributed by atoms with Crippen molar-refractivity contribution in [2.24, 2.45) is 0 Å². The van der Waals surface area contributed by atoms with E-state index in [0.29, 0.717) is 26.1 Å². The van der Waals surface area contributed by atoms with Crippen LogP contribution in [-0.2, 0) is 21.1 Å². The molecule has 1 saturated heterocycles. The summed E-state index contributed by atoms with van der Waals surface area (Å²) in [5, 5.41) is 4.80. The van der Waals surface area contributed by atoms with E-state index in [4.69, 9.17) is 4.74 Å². The Balaban J connectivity index is 1.96. The third-order valence-electron chi connectivity index (χ3n) is 3.44. The molecule has 1 fully saturated rings. The summed E-state index contributed by atoms with van der Waals surface area (Å²) in [5.74, 6) is 0.197. The van der Waals surface area contributed by atoms with Gasteiger partial charge in [0, 0.05) is 24.6 Å². The molecule has 118 valence electrons. The Morgan fingerprint density at radius 2 is 2.38 bits per heavy atom. The Hall–Kier alpha value is -1.12. The van der Waals surface area contributed by atoms with Crippen molar-refractivity contribution in [3.63, 3.8) is 0 Å². The Morgan fingerprint density at radius 3 is 2.95 bits per heavy atom. The molecule has 0 bridgehead atoms. The van der Waals surface area contributed by atoms with Crippen LogP contribution < -0.4 is 5.32 Å². The molecular formula is C13H20N2O4S2. The maximum atomic E-state index is 12.3. The minimum Gasteiger partial charge on any atom is -0.383 e. The molecule has 21 heavy (non-hydrogen) atoms. The number of methoxy groups -OCH3 is 1. The Bertz CT molecular complexity index is 557. The number of thiophene rings is 1. The fourth-order valence-corrected chi connectivity index (χ4v) is 4.71. The van der Waals surface area contributed by atoms with Crippen LogP contribution in [-0.4, -0.2) is 57.2 Å². The van der Waals surface area contributed by atoms with Gasteiger partial charge in [-0.2, -0.15) is 0 Å². The molecular weight excluding hydrogens is 312 g/mol. The summed E-state index contributed by atoms with van der Waals surface area (Å²) in [6, 6.07) is 3.39. The first-order valence-corrected chi connectivity index (χ1v) is 9.48. The fraction of sp³-hybridized carbons (Fsp3) is 0.615. The van der Waals surface area contributed by atoms with Gasteiger partial charge in [-0.1, -0.05) is 6.07 Å². The highest BCUT2D eigenvalue weighted by atomic mass is 32.2. The molecule has 8 heteroatoms. The maximum Gasteiger partial charge on any atom is 0.318 e. The van der Waals surface area contributed by atoms with Crippen LogP contribution in [0, 0.1) is 0 Å². The molecule has 1 unspecified atom stereocenters. The second-order valence-corrected chi connectivity index (χ2v) is 8.24. The summed E-state index contributed by atoms with van der Waals surface area (Å²) < 4.78 is 28.2. The number of carbonyl (C=O) groups is 1. The van der Waals surface area contributed by atoms with Gasteiger partial charge in [0.25, 0.3) is 0 Å². The Kier molecular flexibility index (Phi) is 5.60. The van der Waals surface area contributed by atoms with E-state index in [1.54, 1.807) is 23.3 Å². The van der Waals surface area contributed by atoms with Crippen LogP contribution in [0.15, 0.2) is 17.5 Å². The first-order valence-electron chi connectivity index (χ1n) is 6.78. The van der Waals surface area contributed by atoms with Crippen LogP contribution >= 0.6 is 11.3 Å². The number of ether oxygens (including phenoxy) is 1. The van der Waals surface area contributed by atoms with E-state index in [1.165, 1.54) is 0 Å². The fourth-order valence-electron chi connectivity index (χ4n) is 2.34. The number of amides is 2. The zero-order valence-electron chi connectivity index (χ0n) is 11.9. The summed E-state index contributed by atoms with van der Waals surface area (Å²) >= 11 is 1.57. The van der Waals surface area contributed by atoms with Crippen LogP contribution in [0.2, 0.25) is 0 Å². The molecule has 1 aliphatic heterocycles. The summed E-state index contributed by atoms with van der Waals surface area (Å²) in [6.45, 7) is 1.25. The summed E-state index contributed by atoms with van der Waals surface area (Å²) in [6.07, 6.45) is 0.498. The number of urea groups is 1. The lowest BCUT2D eigenvalue weighted by molar-refractivity contribution is 0.133. The monoisotopic (exact) mass is 332 g/mol. The van der Waals surface area contributed by atoms with Crippen molar-refractivity contribution >= 4 is 27.2 Å². The van der Waals surface area contributed by atoms with Gasteiger partial charge >= 0.3 is 6.03 Å². The third kappa shape index (κ3) is 4.69. The van der Waals surface area contributed by atoms with Gasteiger partial charge in [-0.15, -0.1) is 11.3 Å². The maximum absolute atomic E-state index is 12.3. The Morgan fingerprint density at radius 1 is 1.57 bits per heavy atom. The molecule has 2 rings (SSSR count). The van der Waals surface area contributed by atoms with E-state index in [0.717, 1.165) is 4.88 Å². The van der Waals surface area contributed by atoms with Crippen LogP contribution in [0.5, 0.6) is 0 Å². The molecule has 2 amide bonds. The van der Waals surface area contributed by atoms with Crippen LogP contribution in [0.1, 0.15) is 11.3 Å². The standard InChI is InChI=1S/C13H20N2O4S2/c1-19-6-5-15(11-4-8-21(17,18)10-11)13(16)14-9-12-3-2-7-20-12/h2-3,7,11H,4-6,8-10H2,1H3,(H,14,16). The van der Waals surface area contributed by atoms with E-state index >= 15 is 0 Å². The number of sulfone groups is 1. The van der Waals surface area contributed by atoms with Crippen molar-refractivity contribution < 1.29 is 17.9 Å². The quantitative estimate of drug-likeness (QED) is 0.846. The van der Waals surface area contributed by atoms with Crippen molar-refractivity contribution in [2.75, 3.05) is 31.8 Å². The van der Waals surface area contributed by atoms with Gasteiger partial charge < -0.3 is 15.0 Å². The van der Waals surface area contributed by atoms with Gasteiger partial charge in [0.1, 0.15) is 0 Å². The number of hydrogen-bond donors (Lipinski definition) is 1. The molecule has 0 saturated carbocycles. The molecule has 1 aromatic rings. The molecule has 6 nitrogen and oxygen atoms in total. The average Bonchev–Trinajstić information content (AvgIpc) is 3.06. The number of carbonyl (C=O) groups excluding carboxylic acids is 1. The van der Waals surface area contributed by atoms with Crippen LogP contribution in [0.25, 0.3) is 0 Å². The lowest BCUT2D eigenvalue weighted by Gasteiger charge is -2.28. The highest BCUT2D eigenvalue weighted by Crippen LogP contribution is 2.18. The Labute approximate surface area is 129 Å². The van der Waals surface area contributed by atoms with E-state index in [9.17, 15) is 13.2 Å². The lowest BCUT2D eigenvalue weighted by Crippen LogP contribution is -2.47. The van der Waals surface area contributed by atoms with Crippen molar-refractivity contribution in [1.82, 2.24) is 10.2 Å². The molecule has 0 spiro atoms. The van der Waals surface area contributed by atoms with Gasteiger partial charge in [-0.05, 0) is 17.9 Å². The third-order valence-corrected chi connectivity index (χ3v) is 6.07. The molecule has 1 N–H and O–H groups in total. The summed E-state index contributed by atoms with van der Waals surface area (Å²) in [4.78, 5) is 15.0. The van der Waals surface area contributed by atoms with Gasteiger partial charge in [0.15, 0.2) is 9.84 Å². The molecule has 0 aromatic carbocycles. The topological polar surface area (TPSA) is 75.7 Å². The lowest BCUT2D eigenvalue weighted by atomic mass is 10.2. The number of nitrogens with zero attached hydrogens (tertiary/aromatic N) is 1. The van der Waals surface area contributed by atoms with Gasteiger partial charge in [0.2, 0.25) is 0 Å². The van der Waals surface area contributed by atoms with Gasteiger partial charge in [0.05, 0.1) is 24.7 Å². The smallest absolute Gasteiger partial charge is 0.318 e. The van der Waals surface area contributed by atoms with Crippen molar-refractivity contribution in [1.29, 1.82) is 0 Å².